The standard InChI is InChI=1S/C23H38O/c1-6-7-8-9-10-11-12-13-14-15-16-17-18-19-20-21(2)22(24)23(3,4)5/h14-20H,6-13H2,1-5H3. The van der Waals surface area contributed by atoms with Gasteiger partial charge in [-0.15, -0.1) is 0 Å². The van der Waals surface area contributed by atoms with E-state index in [2.05, 4.69) is 19.1 Å². The van der Waals surface area contributed by atoms with Crippen molar-refractivity contribution in [2.24, 2.45) is 5.41 Å². The molecule has 0 N–H and O–H groups in total. The largest absolute Gasteiger partial charge is 0.294 e. The Labute approximate surface area is 150 Å². The number of unbranched alkanes of at least 4 members (excludes halogenated alkanes) is 7. The van der Waals surface area contributed by atoms with Crippen LogP contribution in [-0.2, 0) is 4.79 Å². The van der Waals surface area contributed by atoms with Crippen LogP contribution in [0.15, 0.2) is 48.1 Å². The van der Waals surface area contributed by atoms with Crippen molar-refractivity contribution in [3.8, 4) is 0 Å². The Morgan fingerprint density at radius 1 is 0.792 bits per heavy atom. The van der Waals surface area contributed by atoms with Crippen LogP contribution < -0.4 is 0 Å². The van der Waals surface area contributed by atoms with E-state index in [4.69, 9.17) is 0 Å². The summed E-state index contributed by atoms with van der Waals surface area (Å²) in [4.78, 5) is 12.0. The third kappa shape index (κ3) is 13.1. The summed E-state index contributed by atoms with van der Waals surface area (Å²) in [5.41, 5.74) is 0.504. The summed E-state index contributed by atoms with van der Waals surface area (Å²) in [5, 5.41) is 0. The van der Waals surface area contributed by atoms with Gasteiger partial charge < -0.3 is 0 Å². The molecule has 0 aliphatic heterocycles. The van der Waals surface area contributed by atoms with Crippen molar-refractivity contribution in [3.63, 3.8) is 0 Å². The van der Waals surface area contributed by atoms with Gasteiger partial charge in [-0.25, -0.2) is 0 Å². The number of carbonyl (C=O) groups is 1. The van der Waals surface area contributed by atoms with Gasteiger partial charge in [0.2, 0.25) is 0 Å². The number of rotatable bonds is 12. The number of hydrogen-bond acceptors (Lipinski definition) is 1. The van der Waals surface area contributed by atoms with Gasteiger partial charge in [0, 0.05) is 5.41 Å². The van der Waals surface area contributed by atoms with Gasteiger partial charge in [-0.05, 0) is 25.3 Å². The predicted molar refractivity (Wildman–Crippen MR) is 108 cm³/mol. The minimum absolute atomic E-state index is 0.200. The predicted octanol–water partition coefficient (Wildman–Crippen LogP) is 7.36. The molecule has 0 fully saturated rings. The maximum absolute atomic E-state index is 12.0. The highest BCUT2D eigenvalue weighted by molar-refractivity contribution is 5.98. The average Bonchev–Trinajstić information content (AvgIpc) is 2.53. The van der Waals surface area contributed by atoms with Crippen molar-refractivity contribution >= 4 is 5.78 Å². The molecule has 0 unspecified atom stereocenters. The summed E-state index contributed by atoms with van der Waals surface area (Å²) in [6.07, 6.45) is 24.9. The lowest BCUT2D eigenvalue weighted by atomic mass is 9.87. The monoisotopic (exact) mass is 330 g/mol. The Kier molecular flexibility index (Phi) is 13.2. The summed E-state index contributed by atoms with van der Waals surface area (Å²) >= 11 is 0. The Hall–Kier alpha value is -1.37. The van der Waals surface area contributed by atoms with E-state index in [1.165, 1.54) is 51.4 Å². The van der Waals surface area contributed by atoms with Gasteiger partial charge in [0.15, 0.2) is 5.78 Å². The van der Waals surface area contributed by atoms with Crippen molar-refractivity contribution in [3.05, 3.63) is 48.1 Å². The summed E-state index contributed by atoms with van der Waals surface area (Å²) in [7, 11) is 0. The molecule has 0 rings (SSSR count). The zero-order chi connectivity index (χ0) is 18.3. The first-order valence-electron chi connectivity index (χ1n) is 9.61. The molecule has 0 saturated carbocycles. The highest BCUT2D eigenvalue weighted by Gasteiger charge is 2.21. The number of allylic oxidation sites excluding steroid dienone is 8. The van der Waals surface area contributed by atoms with E-state index in [1.54, 1.807) is 0 Å². The van der Waals surface area contributed by atoms with Crippen molar-refractivity contribution in [2.45, 2.75) is 86.0 Å². The zero-order valence-corrected chi connectivity index (χ0v) is 16.6. The highest BCUT2D eigenvalue weighted by Crippen LogP contribution is 2.19. The van der Waals surface area contributed by atoms with Crippen molar-refractivity contribution in [2.75, 3.05) is 0 Å². The Balaban J connectivity index is 3.83. The second kappa shape index (κ2) is 14.0. The van der Waals surface area contributed by atoms with Crippen LogP contribution in [0.25, 0.3) is 0 Å². The molecule has 0 aromatic heterocycles. The van der Waals surface area contributed by atoms with Gasteiger partial charge in [-0.2, -0.15) is 0 Å². The Bertz CT molecular complexity index is 441. The molecule has 1 nitrogen and oxygen atoms in total. The Morgan fingerprint density at radius 2 is 1.33 bits per heavy atom. The van der Waals surface area contributed by atoms with Crippen LogP contribution in [0.5, 0.6) is 0 Å². The van der Waals surface area contributed by atoms with Crippen molar-refractivity contribution in [1.82, 2.24) is 0 Å². The molecule has 0 aromatic rings. The van der Waals surface area contributed by atoms with Crippen LogP contribution in [0.2, 0.25) is 0 Å². The van der Waals surface area contributed by atoms with E-state index in [9.17, 15) is 4.79 Å². The van der Waals surface area contributed by atoms with E-state index >= 15 is 0 Å². The second-order valence-corrected chi connectivity index (χ2v) is 7.54. The van der Waals surface area contributed by atoms with Crippen molar-refractivity contribution < 1.29 is 4.79 Å². The number of Topliss-reactive ketones (excluding diaryl/α,β-unsaturated/α-hetero) is 1. The first-order valence-corrected chi connectivity index (χ1v) is 9.61. The van der Waals surface area contributed by atoms with Gasteiger partial charge in [0.25, 0.3) is 0 Å². The summed E-state index contributed by atoms with van der Waals surface area (Å²) < 4.78 is 0. The van der Waals surface area contributed by atoms with Crippen LogP contribution in [-0.4, -0.2) is 5.78 Å². The first-order chi connectivity index (χ1) is 11.4. The topological polar surface area (TPSA) is 17.1 Å². The fraction of sp³-hybridized carbons (Fsp3) is 0.609. The number of hydrogen-bond donors (Lipinski definition) is 0. The van der Waals surface area contributed by atoms with Crippen LogP contribution in [0.4, 0.5) is 0 Å². The van der Waals surface area contributed by atoms with E-state index in [0.717, 1.165) is 5.57 Å². The second-order valence-electron chi connectivity index (χ2n) is 7.54. The average molecular weight is 331 g/mol. The van der Waals surface area contributed by atoms with Crippen LogP contribution in [0, 0.1) is 5.41 Å². The molecule has 0 heterocycles. The van der Waals surface area contributed by atoms with Gasteiger partial charge in [-0.3, -0.25) is 4.79 Å². The molecule has 0 bridgehead atoms. The minimum Gasteiger partial charge on any atom is -0.294 e. The molecule has 136 valence electrons. The molecule has 0 spiro atoms. The lowest BCUT2D eigenvalue weighted by Gasteiger charge is -2.16. The van der Waals surface area contributed by atoms with Crippen LogP contribution in [0.3, 0.4) is 0 Å². The summed E-state index contributed by atoms with van der Waals surface area (Å²) in [5.74, 6) is 0.200. The first kappa shape index (κ1) is 22.6. The molecular formula is C23H38O. The van der Waals surface area contributed by atoms with Gasteiger partial charge >= 0.3 is 0 Å². The molecule has 0 radical (unpaired) electrons. The number of ketones is 1. The SMILES string of the molecule is CCCCCCCCCC=CC=CC=CC=C(C)C(=O)C(C)(C)C. The quantitative estimate of drug-likeness (QED) is 0.207. The van der Waals surface area contributed by atoms with E-state index in [-0.39, 0.29) is 11.2 Å². The lowest BCUT2D eigenvalue weighted by Crippen LogP contribution is -2.20. The molecule has 0 atom stereocenters. The third-order valence-corrected chi connectivity index (χ3v) is 3.94. The van der Waals surface area contributed by atoms with Gasteiger partial charge in [0.1, 0.15) is 0 Å². The van der Waals surface area contributed by atoms with E-state index < -0.39 is 0 Å². The molecule has 0 aliphatic rings. The van der Waals surface area contributed by atoms with E-state index in [1.807, 2.05) is 58.1 Å². The maximum atomic E-state index is 12.0. The molecule has 0 amide bonds. The molecule has 0 aliphatic carbocycles. The van der Waals surface area contributed by atoms with Crippen LogP contribution in [0.1, 0.15) is 86.0 Å². The zero-order valence-electron chi connectivity index (χ0n) is 16.6. The molecule has 0 saturated heterocycles. The summed E-state index contributed by atoms with van der Waals surface area (Å²) in [6.45, 7) is 9.99. The molecular weight excluding hydrogens is 292 g/mol. The summed E-state index contributed by atoms with van der Waals surface area (Å²) in [6, 6.07) is 0. The highest BCUT2D eigenvalue weighted by atomic mass is 16.1. The minimum atomic E-state index is -0.303. The van der Waals surface area contributed by atoms with E-state index in [0.29, 0.717) is 0 Å². The van der Waals surface area contributed by atoms with Crippen LogP contribution >= 0.6 is 0 Å². The fourth-order valence-electron chi connectivity index (χ4n) is 2.45. The molecule has 1 heteroatoms. The number of carbonyl (C=O) groups excluding carboxylic acids is 1. The fourth-order valence-corrected chi connectivity index (χ4v) is 2.45. The third-order valence-electron chi connectivity index (χ3n) is 3.94. The molecule has 0 aromatic carbocycles. The van der Waals surface area contributed by atoms with Gasteiger partial charge in [0.05, 0.1) is 0 Å². The van der Waals surface area contributed by atoms with Gasteiger partial charge in [-0.1, -0.05) is 109 Å². The smallest absolute Gasteiger partial charge is 0.163 e. The van der Waals surface area contributed by atoms with Crippen molar-refractivity contribution in [1.29, 1.82) is 0 Å². The maximum Gasteiger partial charge on any atom is 0.163 e. The molecule has 24 heavy (non-hydrogen) atoms. The Morgan fingerprint density at radius 3 is 1.96 bits per heavy atom. The normalized spacial score (nSPS) is 13.6. The lowest BCUT2D eigenvalue weighted by molar-refractivity contribution is -0.122.